The lowest BCUT2D eigenvalue weighted by atomic mass is 9.80. The van der Waals surface area contributed by atoms with Crippen LogP contribution in [-0.4, -0.2) is 41.4 Å². The summed E-state index contributed by atoms with van der Waals surface area (Å²) in [6, 6.07) is 10.7. The van der Waals surface area contributed by atoms with E-state index in [2.05, 4.69) is 24.0 Å². The van der Waals surface area contributed by atoms with Crippen LogP contribution in [0.5, 0.6) is 0 Å². The molecule has 1 saturated heterocycles. The molecule has 0 bridgehead atoms. The highest BCUT2D eigenvalue weighted by atomic mass is 16.3. The maximum absolute atomic E-state index is 9.22. The summed E-state index contributed by atoms with van der Waals surface area (Å²) in [5.74, 6) is 0. The molecule has 1 atom stereocenters. The molecule has 16 heavy (non-hydrogen) atoms. The summed E-state index contributed by atoms with van der Waals surface area (Å²) in [6.45, 7) is 3.85. The third-order valence-electron chi connectivity index (χ3n) is 3.58. The van der Waals surface area contributed by atoms with Crippen molar-refractivity contribution in [1.82, 2.24) is 4.90 Å². The van der Waals surface area contributed by atoms with E-state index in [9.17, 15) is 10.2 Å². The molecule has 0 aromatic heterocycles. The Bertz CT molecular complexity index is 327. The van der Waals surface area contributed by atoms with Crippen molar-refractivity contribution < 1.29 is 10.2 Å². The minimum absolute atomic E-state index is 0.0709. The first kappa shape index (κ1) is 11.6. The van der Waals surface area contributed by atoms with Gasteiger partial charge in [0.1, 0.15) is 0 Å². The van der Waals surface area contributed by atoms with Gasteiger partial charge in [0, 0.05) is 24.5 Å². The van der Waals surface area contributed by atoms with Gasteiger partial charge in [-0.3, -0.25) is 4.90 Å². The van der Waals surface area contributed by atoms with Gasteiger partial charge in [-0.25, -0.2) is 0 Å². The van der Waals surface area contributed by atoms with Crippen molar-refractivity contribution in [1.29, 1.82) is 0 Å². The zero-order chi connectivity index (χ0) is 11.6. The van der Waals surface area contributed by atoms with Gasteiger partial charge in [0.25, 0.3) is 0 Å². The summed E-state index contributed by atoms with van der Waals surface area (Å²) >= 11 is 0. The van der Waals surface area contributed by atoms with Gasteiger partial charge in [0.15, 0.2) is 0 Å². The molecule has 1 unspecified atom stereocenters. The van der Waals surface area contributed by atoms with E-state index in [-0.39, 0.29) is 18.6 Å². The average Bonchev–Trinajstić information content (AvgIpc) is 2.30. The lowest BCUT2D eigenvalue weighted by Crippen LogP contribution is -2.60. The molecule has 1 aromatic rings. The SMILES string of the molecule is CC(c1ccccc1)N1CC(CO)(CO)C1. The number of rotatable bonds is 4. The van der Waals surface area contributed by atoms with E-state index in [1.165, 1.54) is 5.56 Å². The van der Waals surface area contributed by atoms with E-state index in [4.69, 9.17) is 0 Å². The number of hydrogen-bond acceptors (Lipinski definition) is 3. The Labute approximate surface area is 96.3 Å². The molecule has 0 amide bonds. The largest absolute Gasteiger partial charge is 0.396 e. The Balaban J connectivity index is 1.97. The highest BCUT2D eigenvalue weighted by Crippen LogP contribution is 2.35. The summed E-state index contributed by atoms with van der Waals surface area (Å²) < 4.78 is 0. The van der Waals surface area contributed by atoms with Crippen LogP contribution in [0.3, 0.4) is 0 Å². The van der Waals surface area contributed by atoms with Crippen molar-refractivity contribution in [3.05, 3.63) is 35.9 Å². The smallest absolute Gasteiger partial charge is 0.0534 e. The molecule has 88 valence electrons. The van der Waals surface area contributed by atoms with Crippen LogP contribution in [0.2, 0.25) is 0 Å². The third kappa shape index (κ3) is 1.98. The van der Waals surface area contributed by atoms with Crippen LogP contribution in [0, 0.1) is 5.41 Å². The van der Waals surface area contributed by atoms with Crippen LogP contribution >= 0.6 is 0 Å². The Kier molecular flexibility index (Phi) is 3.28. The Morgan fingerprint density at radius 1 is 1.19 bits per heavy atom. The fourth-order valence-corrected chi connectivity index (χ4v) is 2.28. The molecule has 3 heteroatoms. The standard InChI is InChI=1S/C13H19NO2/c1-11(12-5-3-2-4-6-12)14-7-13(8-14,9-15)10-16/h2-6,11,15-16H,7-10H2,1H3. The van der Waals surface area contributed by atoms with Crippen molar-refractivity contribution in [3.8, 4) is 0 Å². The zero-order valence-electron chi connectivity index (χ0n) is 9.63. The van der Waals surface area contributed by atoms with Crippen molar-refractivity contribution in [3.63, 3.8) is 0 Å². The van der Waals surface area contributed by atoms with Crippen LogP contribution in [-0.2, 0) is 0 Å². The molecule has 1 aliphatic heterocycles. The molecule has 2 N–H and O–H groups in total. The van der Waals surface area contributed by atoms with E-state index in [0.717, 1.165) is 13.1 Å². The van der Waals surface area contributed by atoms with Crippen LogP contribution in [0.25, 0.3) is 0 Å². The van der Waals surface area contributed by atoms with Gasteiger partial charge in [0.05, 0.1) is 13.2 Å². The summed E-state index contributed by atoms with van der Waals surface area (Å²) in [5.41, 5.74) is 1.01. The number of benzene rings is 1. The molecular weight excluding hydrogens is 202 g/mol. The normalized spacial score (nSPS) is 21.4. The van der Waals surface area contributed by atoms with Gasteiger partial charge < -0.3 is 10.2 Å². The molecule has 1 fully saturated rings. The van der Waals surface area contributed by atoms with Crippen LogP contribution in [0.1, 0.15) is 18.5 Å². The topological polar surface area (TPSA) is 43.7 Å². The Morgan fingerprint density at radius 2 is 1.75 bits per heavy atom. The molecule has 0 spiro atoms. The summed E-state index contributed by atoms with van der Waals surface area (Å²) in [6.07, 6.45) is 0. The van der Waals surface area contributed by atoms with E-state index >= 15 is 0 Å². The molecule has 1 heterocycles. The zero-order valence-corrected chi connectivity index (χ0v) is 9.63. The van der Waals surface area contributed by atoms with Crippen LogP contribution in [0.4, 0.5) is 0 Å². The van der Waals surface area contributed by atoms with Gasteiger partial charge in [-0.15, -0.1) is 0 Å². The van der Waals surface area contributed by atoms with Crippen molar-refractivity contribution in [2.24, 2.45) is 5.41 Å². The predicted molar refractivity (Wildman–Crippen MR) is 63.0 cm³/mol. The van der Waals surface area contributed by atoms with E-state index in [1.54, 1.807) is 0 Å². The first-order valence-corrected chi connectivity index (χ1v) is 5.71. The molecule has 2 rings (SSSR count). The van der Waals surface area contributed by atoms with E-state index < -0.39 is 0 Å². The van der Waals surface area contributed by atoms with Crippen LogP contribution < -0.4 is 0 Å². The first-order valence-electron chi connectivity index (χ1n) is 5.71. The van der Waals surface area contributed by atoms with Gasteiger partial charge in [-0.2, -0.15) is 0 Å². The molecule has 0 radical (unpaired) electrons. The molecule has 1 aromatic carbocycles. The van der Waals surface area contributed by atoms with Crippen molar-refractivity contribution in [2.75, 3.05) is 26.3 Å². The monoisotopic (exact) mass is 221 g/mol. The number of hydrogen-bond donors (Lipinski definition) is 2. The van der Waals surface area contributed by atoms with Gasteiger partial charge in [-0.1, -0.05) is 30.3 Å². The minimum atomic E-state index is -0.275. The second-order valence-corrected chi connectivity index (χ2v) is 4.81. The second kappa shape index (κ2) is 4.53. The summed E-state index contributed by atoms with van der Waals surface area (Å²) in [4.78, 5) is 2.28. The highest BCUT2D eigenvalue weighted by molar-refractivity contribution is 5.19. The molecule has 0 aliphatic carbocycles. The van der Waals surface area contributed by atoms with Crippen molar-refractivity contribution >= 4 is 0 Å². The maximum atomic E-state index is 9.22. The molecule has 3 nitrogen and oxygen atoms in total. The number of nitrogens with zero attached hydrogens (tertiary/aromatic N) is 1. The maximum Gasteiger partial charge on any atom is 0.0534 e. The predicted octanol–water partition coefficient (Wildman–Crippen LogP) is 1.03. The fraction of sp³-hybridized carbons (Fsp3) is 0.538. The van der Waals surface area contributed by atoms with Gasteiger partial charge >= 0.3 is 0 Å². The van der Waals surface area contributed by atoms with Gasteiger partial charge in [-0.05, 0) is 12.5 Å². The molecule has 1 aliphatic rings. The average molecular weight is 221 g/mol. The lowest BCUT2D eigenvalue weighted by Gasteiger charge is -2.51. The number of aliphatic hydroxyl groups is 2. The minimum Gasteiger partial charge on any atom is -0.396 e. The Morgan fingerprint density at radius 3 is 2.25 bits per heavy atom. The third-order valence-corrected chi connectivity index (χ3v) is 3.58. The van der Waals surface area contributed by atoms with E-state index in [1.807, 2.05) is 18.2 Å². The highest BCUT2D eigenvalue weighted by Gasteiger charge is 2.43. The summed E-state index contributed by atoms with van der Waals surface area (Å²) in [7, 11) is 0. The Hall–Kier alpha value is -0.900. The van der Waals surface area contributed by atoms with E-state index in [0.29, 0.717) is 6.04 Å². The van der Waals surface area contributed by atoms with Crippen LogP contribution in [0.15, 0.2) is 30.3 Å². The van der Waals surface area contributed by atoms with Gasteiger partial charge in [0.2, 0.25) is 0 Å². The second-order valence-electron chi connectivity index (χ2n) is 4.81. The lowest BCUT2D eigenvalue weighted by molar-refractivity contribution is -0.0915. The molecule has 0 saturated carbocycles. The number of likely N-dealkylation sites (tertiary alicyclic amines) is 1. The van der Waals surface area contributed by atoms with Crippen molar-refractivity contribution in [2.45, 2.75) is 13.0 Å². The fourth-order valence-electron chi connectivity index (χ4n) is 2.28. The summed E-state index contributed by atoms with van der Waals surface area (Å²) in [5, 5.41) is 18.4. The first-order chi connectivity index (χ1) is 7.71. The number of aliphatic hydroxyl groups excluding tert-OH is 2. The molecular formula is C13H19NO2. The quantitative estimate of drug-likeness (QED) is 0.798.